The largest absolute Gasteiger partial charge is 0.707 e. The first-order chi connectivity index (χ1) is 8.11. The number of hydrogen-bond donors (Lipinski definition) is 2. The van der Waals surface area contributed by atoms with Crippen molar-refractivity contribution < 1.29 is 19.4 Å². The normalized spacial score (nSPS) is 10.4. The van der Waals surface area contributed by atoms with Crippen LogP contribution in [-0.4, -0.2) is 24.5 Å². The van der Waals surface area contributed by atoms with Gasteiger partial charge in [0.2, 0.25) is 0 Å². The lowest BCUT2D eigenvalue weighted by Gasteiger charge is -2.12. The van der Waals surface area contributed by atoms with E-state index < -0.39 is 7.32 Å². The molecular weight excluding hydrogens is 242 g/mol. The molecule has 88 valence electrons. The van der Waals surface area contributed by atoms with Crippen LogP contribution in [0.15, 0.2) is 30.3 Å². The van der Waals surface area contributed by atoms with Crippen LogP contribution < -0.4 is 9.39 Å². The molecule has 2 rings (SSSR count). The topological polar surface area (TPSA) is 58.9 Å². The third-order valence-electron chi connectivity index (χ3n) is 2.34. The van der Waals surface area contributed by atoms with E-state index in [2.05, 4.69) is 0 Å². The quantitative estimate of drug-likeness (QED) is 0.819. The average Bonchev–Trinajstić information content (AvgIpc) is 2.29. The van der Waals surface area contributed by atoms with Crippen molar-refractivity contribution in [3.8, 4) is 11.5 Å². The molecule has 0 aromatic heterocycles. The first-order valence-corrected chi connectivity index (χ1v) is 5.28. The lowest BCUT2D eigenvalue weighted by Crippen LogP contribution is -2.20. The van der Waals surface area contributed by atoms with Crippen molar-refractivity contribution in [2.45, 2.75) is 0 Å². The van der Waals surface area contributed by atoms with Gasteiger partial charge in [0.25, 0.3) is 0 Å². The molecule has 0 saturated heterocycles. The van der Waals surface area contributed by atoms with Crippen LogP contribution in [0.1, 0.15) is 0 Å². The highest BCUT2D eigenvalue weighted by Crippen LogP contribution is 2.35. The fraction of sp³-hybridized carbons (Fsp3) is 0.0909. The standard InChI is InChI=1S/C11H10BClO4/c1-16-10-5-7-3-2-4-9(13)8(7)6-11(10)17-12(14)15/h2-6,14-15H,1H3. The van der Waals surface area contributed by atoms with E-state index >= 15 is 0 Å². The van der Waals surface area contributed by atoms with Gasteiger partial charge in [-0.15, -0.1) is 0 Å². The number of hydrogen-bond acceptors (Lipinski definition) is 4. The fourth-order valence-corrected chi connectivity index (χ4v) is 1.85. The van der Waals surface area contributed by atoms with Crippen molar-refractivity contribution in [2.24, 2.45) is 0 Å². The molecule has 2 N–H and O–H groups in total. The molecule has 0 unspecified atom stereocenters. The molecule has 0 amide bonds. The third-order valence-corrected chi connectivity index (χ3v) is 2.67. The van der Waals surface area contributed by atoms with Gasteiger partial charge in [0.15, 0.2) is 5.75 Å². The van der Waals surface area contributed by atoms with E-state index in [1.807, 2.05) is 12.1 Å². The van der Waals surface area contributed by atoms with Crippen LogP contribution in [0.3, 0.4) is 0 Å². The van der Waals surface area contributed by atoms with Crippen LogP contribution in [0.5, 0.6) is 11.5 Å². The SMILES string of the molecule is COc1cc2cccc(Cl)c2cc1OB(O)O. The maximum Gasteiger partial charge on any atom is 0.707 e. The van der Waals surface area contributed by atoms with Gasteiger partial charge in [-0.3, -0.25) is 0 Å². The van der Waals surface area contributed by atoms with E-state index in [1.165, 1.54) is 7.11 Å². The van der Waals surface area contributed by atoms with Gasteiger partial charge in [-0.1, -0.05) is 23.7 Å². The van der Waals surface area contributed by atoms with Gasteiger partial charge in [0.1, 0.15) is 5.75 Å². The van der Waals surface area contributed by atoms with Gasteiger partial charge in [-0.05, 0) is 23.6 Å². The Morgan fingerprint density at radius 1 is 1.18 bits per heavy atom. The van der Waals surface area contributed by atoms with Crippen molar-refractivity contribution in [2.75, 3.05) is 7.11 Å². The van der Waals surface area contributed by atoms with Crippen molar-refractivity contribution in [3.63, 3.8) is 0 Å². The molecule has 0 aliphatic rings. The molecule has 0 atom stereocenters. The first kappa shape index (κ1) is 12.0. The molecule has 0 aliphatic carbocycles. The Bertz CT molecular complexity index is 544. The Labute approximate surface area is 104 Å². The predicted molar refractivity (Wildman–Crippen MR) is 66.3 cm³/mol. The minimum absolute atomic E-state index is 0.225. The molecule has 0 aliphatic heterocycles. The Hall–Kier alpha value is -1.43. The van der Waals surface area contributed by atoms with Crippen LogP contribution in [0.25, 0.3) is 10.8 Å². The van der Waals surface area contributed by atoms with Crippen molar-refractivity contribution in [1.29, 1.82) is 0 Å². The van der Waals surface area contributed by atoms with Gasteiger partial charge in [-0.25, -0.2) is 0 Å². The summed E-state index contributed by atoms with van der Waals surface area (Å²) in [6.07, 6.45) is 0. The van der Waals surface area contributed by atoms with Crippen LogP contribution in [0.4, 0.5) is 0 Å². The summed E-state index contributed by atoms with van der Waals surface area (Å²) in [6.45, 7) is 0. The van der Waals surface area contributed by atoms with E-state index in [-0.39, 0.29) is 5.75 Å². The molecule has 17 heavy (non-hydrogen) atoms. The van der Waals surface area contributed by atoms with Gasteiger partial charge in [-0.2, -0.15) is 0 Å². The fourth-order valence-electron chi connectivity index (χ4n) is 1.61. The smallest absolute Gasteiger partial charge is 0.509 e. The predicted octanol–water partition coefficient (Wildman–Crippen LogP) is 1.85. The molecule has 0 spiro atoms. The number of rotatable bonds is 3. The molecule has 0 heterocycles. The van der Waals surface area contributed by atoms with Crippen LogP contribution in [0, 0.1) is 0 Å². The van der Waals surface area contributed by atoms with E-state index in [4.69, 9.17) is 31.0 Å². The molecular formula is C11H10BClO4. The average molecular weight is 252 g/mol. The lowest BCUT2D eigenvalue weighted by atomic mass is 10.1. The molecule has 0 saturated carbocycles. The summed E-state index contributed by atoms with van der Waals surface area (Å²) in [7, 11) is -0.425. The summed E-state index contributed by atoms with van der Waals surface area (Å²) in [5.41, 5.74) is 0. The van der Waals surface area contributed by atoms with Crippen LogP contribution in [0.2, 0.25) is 5.02 Å². The van der Waals surface area contributed by atoms with Crippen molar-refractivity contribution >= 4 is 29.7 Å². The Kier molecular flexibility index (Phi) is 3.42. The summed E-state index contributed by atoms with van der Waals surface area (Å²) >= 11 is 6.04. The second-order valence-corrected chi connectivity index (χ2v) is 3.82. The number of ether oxygens (including phenoxy) is 1. The molecule has 2 aromatic rings. The Balaban J connectivity index is 2.61. The molecule has 4 nitrogen and oxygen atoms in total. The third kappa shape index (κ3) is 2.47. The highest BCUT2D eigenvalue weighted by Gasteiger charge is 2.16. The number of halogens is 1. The van der Waals surface area contributed by atoms with Gasteiger partial charge >= 0.3 is 7.32 Å². The molecule has 6 heteroatoms. The zero-order valence-electron chi connectivity index (χ0n) is 9.05. The maximum absolute atomic E-state index is 8.81. The summed E-state index contributed by atoms with van der Waals surface area (Å²) in [4.78, 5) is 0. The zero-order chi connectivity index (χ0) is 12.4. The molecule has 2 aromatic carbocycles. The molecule has 0 radical (unpaired) electrons. The van der Waals surface area contributed by atoms with E-state index in [0.717, 1.165) is 10.8 Å². The highest BCUT2D eigenvalue weighted by molar-refractivity contribution is 6.36. The monoisotopic (exact) mass is 252 g/mol. The Morgan fingerprint density at radius 3 is 2.59 bits per heavy atom. The van der Waals surface area contributed by atoms with Gasteiger partial charge in [0, 0.05) is 10.4 Å². The van der Waals surface area contributed by atoms with E-state index in [9.17, 15) is 0 Å². The number of methoxy groups -OCH3 is 1. The summed E-state index contributed by atoms with van der Waals surface area (Å²) < 4.78 is 9.93. The van der Waals surface area contributed by atoms with Crippen LogP contribution in [-0.2, 0) is 0 Å². The number of fused-ring (bicyclic) bond motifs is 1. The maximum atomic E-state index is 8.81. The summed E-state index contributed by atoms with van der Waals surface area (Å²) in [5.74, 6) is 0.635. The Morgan fingerprint density at radius 2 is 1.94 bits per heavy atom. The molecule has 0 bridgehead atoms. The second-order valence-electron chi connectivity index (χ2n) is 3.41. The van der Waals surface area contributed by atoms with Crippen LogP contribution >= 0.6 is 11.6 Å². The van der Waals surface area contributed by atoms with Crippen molar-refractivity contribution in [3.05, 3.63) is 35.4 Å². The van der Waals surface area contributed by atoms with Gasteiger partial charge < -0.3 is 19.4 Å². The van der Waals surface area contributed by atoms with Crippen molar-refractivity contribution in [1.82, 2.24) is 0 Å². The molecule has 0 fully saturated rings. The highest BCUT2D eigenvalue weighted by atomic mass is 35.5. The summed E-state index contributed by atoms with van der Waals surface area (Å²) in [5, 5.41) is 19.8. The summed E-state index contributed by atoms with van der Waals surface area (Å²) in [6, 6.07) is 8.78. The minimum atomic E-state index is -1.90. The first-order valence-electron chi connectivity index (χ1n) is 4.91. The second kappa shape index (κ2) is 4.83. The number of benzene rings is 2. The van der Waals surface area contributed by atoms with E-state index in [1.54, 1.807) is 18.2 Å². The van der Waals surface area contributed by atoms with E-state index in [0.29, 0.717) is 10.8 Å². The minimum Gasteiger partial charge on any atom is -0.509 e. The van der Waals surface area contributed by atoms with Gasteiger partial charge in [0.05, 0.1) is 7.11 Å². The lowest BCUT2D eigenvalue weighted by molar-refractivity contribution is 0.280. The zero-order valence-corrected chi connectivity index (χ0v) is 9.81.